The number of nitrogens with zero attached hydrogens (tertiary/aromatic N) is 1. The van der Waals surface area contributed by atoms with Crippen molar-refractivity contribution < 1.29 is 19.5 Å². The number of rotatable bonds is 5. The van der Waals surface area contributed by atoms with Crippen LogP contribution in [0.4, 0.5) is 5.69 Å². The van der Waals surface area contributed by atoms with Gasteiger partial charge < -0.3 is 10.8 Å². The Labute approximate surface area is 132 Å². The number of aliphatic carboxylic acids is 1. The first-order valence-electron chi connectivity index (χ1n) is 6.86. The second kappa shape index (κ2) is 6.50. The van der Waals surface area contributed by atoms with E-state index in [1.54, 1.807) is 0 Å². The molecule has 0 aliphatic carbocycles. The predicted octanol–water partition coefficient (Wildman–Crippen LogP) is 1.08. The highest BCUT2D eigenvalue weighted by atomic mass is 32.2. The number of thioether (sulfide) groups is 1. The summed E-state index contributed by atoms with van der Waals surface area (Å²) in [4.78, 5) is 36.7. The van der Waals surface area contributed by atoms with Crippen molar-refractivity contribution in [3.8, 4) is 0 Å². The maximum absolute atomic E-state index is 12.5. The molecule has 1 fully saturated rings. The molecule has 2 rings (SSSR count). The van der Waals surface area contributed by atoms with Gasteiger partial charge in [-0.15, -0.1) is 11.8 Å². The normalized spacial score (nSPS) is 19.6. The minimum atomic E-state index is -1.11. The Morgan fingerprint density at radius 1 is 1.41 bits per heavy atom. The second-order valence-corrected chi connectivity index (χ2v) is 6.51. The molecular weight excluding hydrogens is 304 g/mol. The van der Waals surface area contributed by atoms with E-state index in [9.17, 15) is 14.4 Å². The standard InChI is InChI=1S/C15H18N2O4S/c1-8-4-3-5-9(2)13(8)17-12(18)6-11(14(17)19)22-7-10(16)15(20)21/h3-5,10-11H,6-7,16H2,1-2H3,(H,20,21). The number of hydrogen-bond donors (Lipinski definition) is 2. The monoisotopic (exact) mass is 322 g/mol. The minimum Gasteiger partial charge on any atom is -0.480 e. The fraction of sp³-hybridized carbons (Fsp3) is 0.400. The van der Waals surface area contributed by atoms with Gasteiger partial charge in [-0.3, -0.25) is 14.4 Å². The van der Waals surface area contributed by atoms with Gasteiger partial charge in [0.1, 0.15) is 6.04 Å². The van der Waals surface area contributed by atoms with Gasteiger partial charge >= 0.3 is 5.97 Å². The Kier molecular flexibility index (Phi) is 4.87. The number of imide groups is 1. The number of hydrogen-bond acceptors (Lipinski definition) is 5. The van der Waals surface area contributed by atoms with E-state index < -0.39 is 17.3 Å². The molecule has 7 heteroatoms. The van der Waals surface area contributed by atoms with Crippen molar-refractivity contribution in [3.05, 3.63) is 29.3 Å². The van der Waals surface area contributed by atoms with Crippen LogP contribution in [0.1, 0.15) is 17.5 Å². The summed E-state index contributed by atoms with van der Waals surface area (Å²) in [6, 6.07) is 4.53. The first kappa shape index (κ1) is 16.5. The second-order valence-electron chi connectivity index (χ2n) is 5.28. The molecule has 0 spiro atoms. The molecule has 3 N–H and O–H groups in total. The van der Waals surface area contributed by atoms with Crippen molar-refractivity contribution in [3.63, 3.8) is 0 Å². The predicted molar refractivity (Wildman–Crippen MR) is 84.9 cm³/mol. The maximum atomic E-state index is 12.5. The molecule has 1 aromatic carbocycles. The summed E-state index contributed by atoms with van der Waals surface area (Å²) < 4.78 is 0. The van der Waals surface area contributed by atoms with Gasteiger partial charge in [-0.05, 0) is 25.0 Å². The van der Waals surface area contributed by atoms with Crippen LogP contribution < -0.4 is 10.6 Å². The summed E-state index contributed by atoms with van der Waals surface area (Å²) in [7, 11) is 0. The number of anilines is 1. The molecule has 0 bridgehead atoms. The van der Waals surface area contributed by atoms with Crippen LogP contribution in [0.2, 0.25) is 0 Å². The van der Waals surface area contributed by atoms with E-state index >= 15 is 0 Å². The lowest BCUT2D eigenvalue weighted by atomic mass is 10.1. The third-order valence-electron chi connectivity index (χ3n) is 3.56. The van der Waals surface area contributed by atoms with Crippen LogP contribution in [-0.2, 0) is 14.4 Å². The lowest BCUT2D eigenvalue weighted by Crippen LogP contribution is -2.35. The number of carboxylic acid groups (broad SMARTS) is 1. The van der Waals surface area contributed by atoms with Gasteiger partial charge in [0, 0.05) is 12.2 Å². The summed E-state index contributed by atoms with van der Waals surface area (Å²) in [5, 5.41) is 8.20. The largest absolute Gasteiger partial charge is 0.480 e. The van der Waals surface area contributed by atoms with E-state index in [-0.39, 0.29) is 24.0 Å². The van der Waals surface area contributed by atoms with Crippen molar-refractivity contribution in [2.75, 3.05) is 10.7 Å². The molecule has 0 aromatic heterocycles. The van der Waals surface area contributed by atoms with Crippen LogP contribution in [0.3, 0.4) is 0 Å². The number of carboxylic acids is 1. The minimum absolute atomic E-state index is 0.0730. The van der Waals surface area contributed by atoms with Crippen LogP contribution in [0.25, 0.3) is 0 Å². The zero-order chi connectivity index (χ0) is 16.4. The third kappa shape index (κ3) is 3.15. The number of amides is 2. The van der Waals surface area contributed by atoms with Gasteiger partial charge in [-0.2, -0.15) is 0 Å². The molecule has 1 aliphatic rings. The average Bonchev–Trinajstić information content (AvgIpc) is 2.72. The van der Waals surface area contributed by atoms with Crippen molar-refractivity contribution >= 4 is 35.2 Å². The molecular formula is C15H18N2O4S. The topological polar surface area (TPSA) is 101 Å². The molecule has 0 radical (unpaired) electrons. The van der Waals surface area contributed by atoms with Crippen molar-refractivity contribution in [1.82, 2.24) is 0 Å². The van der Waals surface area contributed by atoms with Crippen molar-refractivity contribution in [1.29, 1.82) is 0 Å². The van der Waals surface area contributed by atoms with Gasteiger partial charge in [0.15, 0.2) is 0 Å². The number of nitrogens with two attached hydrogens (primary N) is 1. The van der Waals surface area contributed by atoms with Crippen molar-refractivity contribution in [2.45, 2.75) is 31.6 Å². The van der Waals surface area contributed by atoms with Crippen LogP contribution in [-0.4, -0.2) is 39.9 Å². The van der Waals surface area contributed by atoms with Crippen molar-refractivity contribution in [2.24, 2.45) is 5.73 Å². The van der Waals surface area contributed by atoms with E-state index in [2.05, 4.69) is 0 Å². The molecule has 2 atom stereocenters. The Morgan fingerprint density at radius 3 is 2.55 bits per heavy atom. The number of aryl methyl sites for hydroxylation is 2. The quantitative estimate of drug-likeness (QED) is 0.787. The SMILES string of the molecule is Cc1cccc(C)c1N1C(=O)CC(SCC(N)C(=O)O)C1=O. The fourth-order valence-corrected chi connectivity index (χ4v) is 3.51. The molecule has 2 amide bonds. The van der Waals surface area contributed by atoms with E-state index in [0.717, 1.165) is 22.9 Å². The molecule has 118 valence electrons. The van der Waals surface area contributed by atoms with E-state index in [4.69, 9.17) is 10.8 Å². The molecule has 1 saturated heterocycles. The Balaban J connectivity index is 2.17. The lowest BCUT2D eigenvalue weighted by molar-refractivity contribution is -0.138. The Hall–Kier alpha value is -1.86. The smallest absolute Gasteiger partial charge is 0.321 e. The van der Waals surface area contributed by atoms with E-state index in [1.807, 2.05) is 32.0 Å². The summed E-state index contributed by atoms with van der Waals surface area (Å²) in [6.07, 6.45) is 0.0730. The van der Waals surface area contributed by atoms with E-state index in [1.165, 1.54) is 4.90 Å². The van der Waals surface area contributed by atoms with Gasteiger partial charge in [0.05, 0.1) is 10.9 Å². The molecule has 1 aromatic rings. The van der Waals surface area contributed by atoms with Gasteiger partial charge in [0.2, 0.25) is 11.8 Å². The lowest BCUT2D eigenvalue weighted by Gasteiger charge is -2.20. The highest BCUT2D eigenvalue weighted by Gasteiger charge is 2.41. The van der Waals surface area contributed by atoms with Gasteiger partial charge in [-0.25, -0.2) is 4.90 Å². The molecule has 0 saturated carbocycles. The number of carbonyl (C=O) groups excluding carboxylic acids is 2. The summed E-state index contributed by atoms with van der Waals surface area (Å²) >= 11 is 1.12. The number of para-hydroxylation sites is 1. The zero-order valence-electron chi connectivity index (χ0n) is 12.4. The molecule has 6 nitrogen and oxygen atoms in total. The van der Waals surface area contributed by atoms with Crippen LogP contribution >= 0.6 is 11.8 Å². The average molecular weight is 322 g/mol. The first-order valence-corrected chi connectivity index (χ1v) is 7.90. The Bertz CT molecular complexity index is 612. The molecule has 2 unspecified atom stereocenters. The summed E-state index contributed by atoms with van der Waals surface area (Å²) in [5.41, 5.74) is 7.78. The molecule has 1 heterocycles. The highest BCUT2D eigenvalue weighted by Crippen LogP contribution is 2.33. The molecule has 1 aliphatic heterocycles. The summed E-state index contributed by atoms with van der Waals surface area (Å²) in [6.45, 7) is 3.70. The van der Waals surface area contributed by atoms with Crippen LogP contribution in [0.5, 0.6) is 0 Å². The Morgan fingerprint density at radius 2 is 2.00 bits per heavy atom. The third-order valence-corrected chi connectivity index (χ3v) is 4.88. The first-order chi connectivity index (χ1) is 10.3. The van der Waals surface area contributed by atoms with E-state index in [0.29, 0.717) is 5.69 Å². The van der Waals surface area contributed by atoms with Gasteiger partial charge in [0.25, 0.3) is 0 Å². The molecule has 22 heavy (non-hydrogen) atoms. The zero-order valence-corrected chi connectivity index (χ0v) is 13.2. The fourth-order valence-electron chi connectivity index (χ4n) is 2.42. The maximum Gasteiger partial charge on any atom is 0.321 e. The number of carbonyl (C=O) groups is 3. The van der Waals surface area contributed by atoms with Gasteiger partial charge in [-0.1, -0.05) is 18.2 Å². The number of benzene rings is 1. The summed E-state index contributed by atoms with van der Waals surface area (Å²) in [5.74, 6) is -1.58. The van der Waals surface area contributed by atoms with Crippen LogP contribution in [0.15, 0.2) is 18.2 Å². The van der Waals surface area contributed by atoms with Crippen LogP contribution in [0, 0.1) is 13.8 Å². The highest BCUT2D eigenvalue weighted by molar-refractivity contribution is 8.00.